The Morgan fingerprint density at radius 3 is 2.59 bits per heavy atom. The van der Waals surface area contributed by atoms with Crippen molar-refractivity contribution >= 4 is 11.8 Å². The molecule has 0 aliphatic heterocycles. The number of hydrogen-bond acceptors (Lipinski definition) is 2. The van der Waals surface area contributed by atoms with Gasteiger partial charge in [0, 0.05) is 6.42 Å². The zero-order valence-corrected chi connectivity index (χ0v) is 11.0. The van der Waals surface area contributed by atoms with Crippen LogP contribution in [-0.2, 0) is 0 Å². The van der Waals surface area contributed by atoms with Crippen LogP contribution in [0.1, 0.15) is 20.3 Å². The quantitative estimate of drug-likeness (QED) is 0.721. The molecule has 0 saturated carbocycles. The molecule has 1 aromatic carbocycles. The summed E-state index contributed by atoms with van der Waals surface area (Å²) < 4.78 is 18.1. The molecular weight excluding hydrogens is 235 g/mol. The average molecular weight is 252 g/mol. The lowest BCUT2D eigenvalue weighted by Crippen LogP contribution is -1.97. The molecule has 0 radical (unpaired) electrons. The molecule has 0 heterocycles. The normalized spacial score (nSPS) is 11.4. The van der Waals surface area contributed by atoms with E-state index in [4.69, 9.17) is 4.74 Å². The third kappa shape index (κ3) is 6.17. The zero-order valence-electron chi connectivity index (χ0n) is 10.2. The van der Waals surface area contributed by atoms with Crippen molar-refractivity contribution in [1.82, 2.24) is 0 Å². The van der Waals surface area contributed by atoms with Gasteiger partial charge in [-0.1, -0.05) is 12.2 Å². The fourth-order valence-electron chi connectivity index (χ4n) is 1.12. The van der Waals surface area contributed by atoms with Crippen molar-refractivity contribution < 1.29 is 9.13 Å². The number of allylic oxidation sites excluding steroid dienone is 1. The highest BCUT2D eigenvalue weighted by molar-refractivity contribution is 8.05. The number of hydrogen-bond donors (Lipinski definition) is 0. The summed E-state index contributed by atoms with van der Waals surface area (Å²) in [6, 6.07) is 6.07. The Hall–Kier alpha value is -1.22. The fourth-order valence-corrected chi connectivity index (χ4v) is 1.64. The minimum atomic E-state index is -0.244. The topological polar surface area (TPSA) is 9.23 Å². The van der Waals surface area contributed by atoms with Gasteiger partial charge >= 0.3 is 0 Å². The number of rotatable bonds is 6. The van der Waals surface area contributed by atoms with E-state index in [9.17, 15) is 4.39 Å². The lowest BCUT2D eigenvalue weighted by molar-refractivity contribution is 0.321. The van der Waals surface area contributed by atoms with Crippen molar-refractivity contribution in [3.63, 3.8) is 0 Å². The average Bonchev–Trinajstić information content (AvgIpc) is 2.29. The minimum absolute atomic E-state index is 0.244. The van der Waals surface area contributed by atoms with E-state index in [0.29, 0.717) is 12.4 Å². The van der Waals surface area contributed by atoms with E-state index in [1.807, 2.05) is 6.92 Å². The van der Waals surface area contributed by atoms with Gasteiger partial charge in [0.05, 0.1) is 6.61 Å². The summed E-state index contributed by atoms with van der Waals surface area (Å²) in [5.74, 6) is 0.457. The third-order valence-electron chi connectivity index (χ3n) is 2.04. The highest BCUT2D eigenvalue weighted by Gasteiger charge is 1.96. The van der Waals surface area contributed by atoms with Gasteiger partial charge in [-0.25, -0.2) is 4.39 Å². The van der Waals surface area contributed by atoms with Gasteiger partial charge in [-0.2, -0.15) is 0 Å². The maximum atomic E-state index is 12.6. The fraction of sp³-hybridized carbons (Fsp3) is 0.286. The first-order valence-corrected chi connectivity index (χ1v) is 6.32. The van der Waals surface area contributed by atoms with Crippen LogP contribution < -0.4 is 4.74 Å². The van der Waals surface area contributed by atoms with Gasteiger partial charge in [-0.3, -0.25) is 0 Å². The molecule has 1 nitrogen and oxygen atoms in total. The van der Waals surface area contributed by atoms with Crippen LogP contribution in [0.5, 0.6) is 5.75 Å². The van der Waals surface area contributed by atoms with Gasteiger partial charge in [0.15, 0.2) is 0 Å². The third-order valence-corrected chi connectivity index (χ3v) is 2.96. The first-order valence-electron chi connectivity index (χ1n) is 5.44. The number of thioether (sulfide) groups is 1. The van der Waals surface area contributed by atoms with Crippen LogP contribution in [0.4, 0.5) is 4.39 Å². The second kappa shape index (κ2) is 7.17. The maximum absolute atomic E-state index is 12.6. The molecule has 0 bridgehead atoms. The number of halogens is 1. The van der Waals surface area contributed by atoms with Crippen LogP contribution in [0.2, 0.25) is 0 Å². The predicted molar refractivity (Wildman–Crippen MR) is 72.7 cm³/mol. The van der Waals surface area contributed by atoms with Crippen molar-refractivity contribution in [2.75, 3.05) is 6.61 Å². The maximum Gasteiger partial charge on any atom is 0.123 e. The van der Waals surface area contributed by atoms with Gasteiger partial charge in [0.25, 0.3) is 0 Å². The Kier molecular flexibility index (Phi) is 5.84. The van der Waals surface area contributed by atoms with Crippen molar-refractivity contribution in [2.24, 2.45) is 0 Å². The summed E-state index contributed by atoms with van der Waals surface area (Å²) in [5, 5.41) is 2.08. The molecule has 0 saturated heterocycles. The molecule has 0 fully saturated rings. The Morgan fingerprint density at radius 1 is 1.35 bits per heavy atom. The Balaban J connectivity index is 2.30. The standard InChI is InChI=1S/C14H17FOS/c1-11(2)17-10-12(3)8-9-16-14-6-4-13(15)5-7-14/h4-7,10H,1,8-9H2,2-3H3/b12-10+. The van der Waals surface area contributed by atoms with Crippen molar-refractivity contribution in [3.8, 4) is 5.75 Å². The van der Waals surface area contributed by atoms with Crippen LogP contribution in [-0.4, -0.2) is 6.61 Å². The van der Waals surface area contributed by atoms with Crippen LogP contribution in [0.25, 0.3) is 0 Å². The Morgan fingerprint density at radius 2 is 2.00 bits per heavy atom. The summed E-state index contributed by atoms with van der Waals surface area (Å²) in [4.78, 5) is 1.07. The predicted octanol–water partition coefficient (Wildman–Crippen LogP) is 4.77. The lowest BCUT2D eigenvalue weighted by atomic mass is 10.2. The van der Waals surface area contributed by atoms with E-state index in [-0.39, 0.29) is 5.82 Å². The summed E-state index contributed by atoms with van der Waals surface area (Å²) >= 11 is 1.63. The van der Waals surface area contributed by atoms with Crippen LogP contribution in [0.15, 0.2) is 46.7 Å². The highest BCUT2D eigenvalue weighted by atomic mass is 32.2. The van der Waals surface area contributed by atoms with Gasteiger partial charge in [-0.05, 0) is 48.4 Å². The molecule has 0 atom stereocenters. The first-order chi connectivity index (χ1) is 8.08. The summed E-state index contributed by atoms with van der Waals surface area (Å²) in [7, 11) is 0. The molecule has 3 heteroatoms. The first kappa shape index (κ1) is 13.8. The molecule has 0 aliphatic carbocycles. The van der Waals surface area contributed by atoms with Crippen molar-refractivity contribution in [3.05, 3.63) is 52.5 Å². The Labute approximate surface area is 106 Å². The minimum Gasteiger partial charge on any atom is -0.493 e. The molecule has 0 spiro atoms. The van der Waals surface area contributed by atoms with E-state index in [1.165, 1.54) is 17.7 Å². The van der Waals surface area contributed by atoms with E-state index >= 15 is 0 Å². The number of benzene rings is 1. The molecule has 1 rings (SSSR count). The van der Waals surface area contributed by atoms with Crippen LogP contribution in [0.3, 0.4) is 0 Å². The molecule has 0 amide bonds. The summed E-state index contributed by atoms with van der Waals surface area (Å²) in [5.41, 5.74) is 1.25. The molecule has 0 aliphatic rings. The van der Waals surface area contributed by atoms with E-state index in [1.54, 1.807) is 23.9 Å². The van der Waals surface area contributed by atoms with Crippen molar-refractivity contribution in [1.29, 1.82) is 0 Å². The molecule has 0 unspecified atom stereocenters. The molecule has 92 valence electrons. The Bertz CT molecular complexity index is 395. The molecule has 0 aromatic heterocycles. The van der Waals surface area contributed by atoms with Gasteiger partial charge < -0.3 is 4.74 Å². The van der Waals surface area contributed by atoms with Crippen LogP contribution >= 0.6 is 11.8 Å². The van der Waals surface area contributed by atoms with Gasteiger partial charge in [0.1, 0.15) is 11.6 Å². The summed E-state index contributed by atoms with van der Waals surface area (Å²) in [6.45, 7) is 8.45. The van der Waals surface area contributed by atoms with Gasteiger partial charge in [0.2, 0.25) is 0 Å². The van der Waals surface area contributed by atoms with E-state index in [2.05, 4.69) is 18.9 Å². The van der Waals surface area contributed by atoms with E-state index in [0.717, 1.165) is 11.3 Å². The second-order valence-corrected chi connectivity index (χ2v) is 5.00. The number of ether oxygens (including phenoxy) is 1. The SMILES string of the molecule is C=C(C)S/C=C(\C)CCOc1ccc(F)cc1. The molecule has 17 heavy (non-hydrogen) atoms. The second-order valence-electron chi connectivity index (χ2n) is 3.84. The zero-order chi connectivity index (χ0) is 12.7. The van der Waals surface area contributed by atoms with Crippen molar-refractivity contribution in [2.45, 2.75) is 20.3 Å². The van der Waals surface area contributed by atoms with E-state index < -0.39 is 0 Å². The molecule has 1 aromatic rings. The molecule has 0 N–H and O–H groups in total. The summed E-state index contributed by atoms with van der Waals surface area (Å²) in [6.07, 6.45) is 0.859. The van der Waals surface area contributed by atoms with Crippen LogP contribution in [0, 0.1) is 5.82 Å². The lowest BCUT2D eigenvalue weighted by Gasteiger charge is -2.06. The monoisotopic (exact) mass is 252 g/mol. The van der Waals surface area contributed by atoms with Gasteiger partial charge in [-0.15, -0.1) is 11.8 Å². The highest BCUT2D eigenvalue weighted by Crippen LogP contribution is 2.18. The molecular formula is C14H17FOS. The smallest absolute Gasteiger partial charge is 0.123 e. The largest absolute Gasteiger partial charge is 0.493 e.